The standard InChI is InChI=1S/C31H35Cl2N7O4/c1-30(2,3)44-29(42)35-15-18-43-28-37-25(39-16-13-31(4,14-17-39)27(34)41)23-26(38-28)40(20-11-9-19(32)10-12-20)24(36-23)21-7-5-6-8-22(21)33/h5-12H,13-18H2,1-4H3,(H2,34,41)(H,35,42). The van der Waals surface area contributed by atoms with Gasteiger partial charge < -0.3 is 25.4 Å². The molecule has 2 aromatic carbocycles. The third-order valence-corrected chi connectivity index (χ3v) is 8.01. The van der Waals surface area contributed by atoms with E-state index in [4.69, 9.17) is 53.4 Å². The average Bonchev–Trinajstić information content (AvgIpc) is 3.34. The number of alkyl carbamates (subject to hydrolysis) is 1. The molecule has 0 unspecified atom stereocenters. The first-order chi connectivity index (χ1) is 20.8. The van der Waals surface area contributed by atoms with Crippen LogP contribution in [0.5, 0.6) is 6.01 Å². The number of piperidine rings is 1. The van der Waals surface area contributed by atoms with Gasteiger partial charge >= 0.3 is 12.1 Å². The Kier molecular flexibility index (Phi) is 8.90. The zero-order valence-electron chi connectivity index (χ0n) is 25.1. The molecule has 232 valence electrons. The molecule has 44 heavy (non-hydrogen) atoms. The molecule has 2 amide bonds. The van der Waals surface area contributed by atoms with Crippen molar-refractivity contribution in [2.45, 2.75) is 46.1 Å². The van der Waals surface area contributed by atoms with E-state index in [0.717, 1.165) is 5.69 Å². The quantitative estimate of drug-likeness (QED) is 0.231. The van der Waals surface area contributed by atoms with Crippen LogP contribution < -0.4 is 20.7 Å². The molecule has 3 heterocycles. The van der Waals surface area contributed by atoms with E-state index in [-0.39, 0.29) is 25.1 Å². The van der Waals surface area contributed by atoms with Crippen LogP contribution in [0, 0.1) is 5.41 Å². The van der Waals surface area contributed by atoms with Gasteiger partial charge in [0.2, 0.25) is 5.91 Å². The van der Waals surface area contributed by atoms with Crippen LogP contribution in [0.3, 0.4) is 0 Å². The minimum absolute atomic E-state index is 0.0936. The molecule has 1 aliphatic rings. The number of benzene rings is 2. The molecule has 2 aromatic heterocycles. The second kappa shape index (κ2) is 12.5. The summed E-state index contributed by atoms with van der Waals surface area (Å²) in [5.41, 5.74) is 6.99. The van der Waals surface area contributed by atoms with Crippen molar-refractivity contribution in [1.82, 2.24) is 24.8 Å². The summed E-state index contributed by atoms with van der Waals surface area (Å²) < 4.78 is 13.2. The van der Waals surface area contributed by atoms with Gasteiger partial charge in [0.1, 0.15) is 18.0 Å². The van der Waals surface area contributed by atoms with E-state index in [1.807, 2.05) is 41.8 Å². The van der Waals surface area contributed by atoms with Crippen LogP contribution in [0.15, 0.2) is 48.5 Å². The Morgan fingerprint density at radius 1 is 1.02 bits per heavy atom. The van der Waals surface area contributed by atoms with E-state index in [2.05, 4.69) is 10.2 Å². The number of aromatic nitrogens is 4. The molecule has 0 saturated carbocycles. The molecule has 5 rings (SSSR count). The summed E-state index contributed by atoms with van der Waals surface area (Å²) in [4.78, 5) is 40.9. The smallest absolute Gasteiger partial charge is 0.407 e. The molecular formula is C31H35Cl2N7O4. The van der Waals surface area contributed by atoms with Gasteiger partial charge in [-0.15, -0.1) is 0 Å². The molecule has 1 saturated heterocycles. The van der Waals surface area contributed by atoms with E-state index in [1.54, 1.807) is 39.0 Å². The number of carbonyl (C=O) groups excluding carboxylic acids is 2. The van der Waals surface area contributed by atoms with Crippen molar-refractivity contribution in [2.75, 3.05) is 31.1 Å². The Morgan fingerprint density at radius 3 is 2.34 bits per heavy atom. The van der Waals surface area contributed by atoms with Gasteiger partial charge in [-0.05, 0) is 70.0 Å². The number of rotatable bonds is 8. The number of hydrogen-bond donors (Lipinski definition) is 2. The van der Waals surface area contributed by atoms with Crippen molar-refractivity contribution in [3.05, 3.63) is 58.6 Å². The van der Waals surface area contributed by atoms with Crippen LogP contribution in [0.2, 0.25) is 10.0 Å². The predicted molar refractivity (Wildman–Crippen MR) is 171 cm³/mol. The second-order valence-electron chi connectivity index (χ2n) is 11.9. The molecule has 13 heteroatoms. The summed E-state index contributed by atoms with van der Waals surface area (Å²) in [6.45, 7) is 8.59. The van der Waals surface area contributed by atoms with Gasteiger partial charge in [0.05, 0.1) is 11.6 Å². The average molecular weight is 641 g/mol. The topological polar surface area (TPSA) is 137 Å². The van der Waals surface area contributed by atoms with Crippen molar-refractivity contribution in [1.29, 1.82) is 0 Å². The number of primary amides is 1. The largest absolute Gasteiger partial charge is 0.461 e. The number of hydrogen-bond acceptors (Lipinski definition) is 8. The molecule has 1 fully saturated rings. The van der Waals surface area contributed by atoms with Crippen LogP contribution >= 0.6 is 23.2 Å². The summed E-state index contributed by atoms with van der Waals surface area (Å²) in [5, 5.41) is 3.78. The number of carbonyl (C=O) groups is 2. The highest BCUT2D eigenvalue weighted by Crippen LogP contribution is 2.38. The van der Waals surface area contributed by atoms with Gasteiger partial charge in [-0.25, -0.2) is 9.78 Å². The van der Waals surface area contributed by atoms with Crippen molar-refractivity contribution in [2.24, 2.45) is 11.1 Å². The fourth-order valence-electron chi connectivity index (χ4n) is 4.94. The molecule has 0 radical (unpaired) electrons. The number of ether oxygens (including phenoxy) is 2. The van der Waals surface area contributed by atoms with E-state index in [1.165, 1.54) is 0 Å². The maximum absolute atomic E-state index is 12.2. The first kappa shape index (κ1) is 31.3. The highest BCUT2D eigenvalue weighted by atomic mass is 35.5. The van der Waals surface area contributed by atoms with Crippen LogP contribution in [0.1, 0.15) is 40.5 Å². The molecule has 0 spiro atoms. The van der Waals surface area contributed by atoms with Gasteiger partial charge in [-0.3, -0.25) is 9.36 Å². The van der Waals surface area contributed by atoms with Crippen molar-refractivity contribution in [3.63, 3.8) is 0 Å². The van der Waals surface area contributed by atoms with Crippen LogP contribution in [-0.2, 0) is 9.53 Å². The number of halogens is 2. The summed E-state index contributed by atoms with van der Waals surface area (Å²) in [6.07, 6.45) is 0.562. The molecule has 0 aliphatic carbocycles. The summed E-state index contributed by atoms with van der Waals surface area (Å²) in [7, 11) is 0. The molecule has 4 aromatic rings. The fraction of sp³-hybridized carbons (Fsp3) is 0.387. The van der Waals surface area contributed by atoms with Crippen molar-refractivity contribution in [3.8, 4) is 23.1 Å². The maximum atomic E-state index is 12.2. The number of imidazole rings is 1. The lowest BCUT2D eigenvalue weighted by atomic mass is 9.80. The lowest BCUT2D eigenvalue weighted by Gasteiger charge is -2.37. The number of fused-ring (bicyclic) bond motifs is 1. The van der Waals surface area contributed by atoms with E-state index in [9.17, 15) is 9.59 Å². The predicted octanol–water partition coefficient (Wildman–Crippen LogP) is 5.78. The zero-order chi connectivity index (χ0) is 31.6. The second-order valence-corrected chi connectivity index (χ2v) is 12.8. The Balaban J connectivity index is 1.58. The Bertz CT molecular complexity index is 1680. The fourth-order valence-corrected chi connectivity index (χ4v) is 5.28. The third-order valence-electron chi connectivity index (χ3n) is 7.43. The van der Waals surface area contributed by atoms with Crippen LogP contribution in [-0.4, -0.2) is 63.4 Å². The minimum atomic E-state index is -0.619. The first-order valence-corrected chi connectivity index (χ1v) is 15.1. The van der Waals surface area contributed by atoms with E-state index >= 15 is 0 Å². The highest BCUT2D eigenvalue weighted by Gasteiger charge is 2.37. The van der Waals surface area contributed by atoms with E-state index < -0.39 is 17.1 Å². The minimum Gasteiger partial charge on any atom is -0.461 e. The molecule has 0 bridgehead atoms. The number of anilines is 1. The zero-order valence-corrected chi connectivity index (χ0v) is 26.6. The number of nitrogens with one attached hydrogen (secondary N) is 1. The SMILES string of the molecule is CC(C)(C)OC(=O)NCCOc1nc(N2CCC(C)(C(N)=O)CC2)c2nc(-c3ccccc3Cl)n(-c3ccc(Cl)cc3)c2n1. The molecule has 0 atom stereocenters. The number of amides is 2. The van der Waals surface area contributed by atoms with Crippen LogP contribution in [0.25, 0.3) is 28.2 Å². The molecule has 1 aliphatic heterocycles. The molecule has 3 N–H and O–H groups in total. The van der Waals surface area contributed by atoms with Gasteiger partial charge in [-0.2, -0.15) is 9.97 Å². The number of nitrogens with zero attached hydrogens (tertiary/aromatic N) is 5. The Hall–Kier alpha value is -4.09. The lowest BCUT2D eigenvalue weighted by Crippen LogP contribution is -2.45. The first-order valence-electron chi connectivity index (χ1n) is 14.3. The van der Waals surface area contributed by atoms with Crippen molar-refractivity contribution < 1.29 is 19.1 Å². The van der Waals surface area contributed by atoms with Gasteiger partial charge in [0, 0.05) is 34.8 Å². The Labute approximate surface area is 265 Å². The summed E-state index contributed by atoms with van der Waals surface area (Å²) in [6, 6.07) is 14.9. The van der Waals surface area contributed by atoms with Crippen molar-refractivity contribution >= 4 is 52.2 Å². The highest BCUT2D eigenvalue weighted by molar-refractivity contribution is 6.33. The van der Waals surface area contributed by atoms with Gasteiger partial charge in [0.15, 0.2) is 17.0 Å². The normalized spacial score (nSPS) is 14.8. The number of nitrogens with two attached hydrogens (primary N) is 1. The van der Waals surface area contributed by atoms with E-state index in [0.29, 0.717) is 64.3 Å². The third kappa shape index (κ3) is 6.84. The van der Waals surface area contributed by atoms with Crippen LogP contribution in [0.4, 0.5) is 10.6 Å². The molecular weight excluding hydrogens is 605 g/mol. The monoisotopic (exact) mass is 639 g/mol. The lowest BCUT2D eigenvalue weighted by molar-refractivity contribution is -0.127. The summed E-state index contributed by atoms with van der Waals surface area (Å²) in [5.74, 6) is 0.795. The van der Waals surface area contributed by atoms with Gasteiger partial charge in [0.25, 0.3) is 0 Å². The maximum Gasteiger partial charge on any atom is 0.407 e. The molecule has 11 nitrogen and oxygen atoms in total. The Morgan fingerprint density at radius 2 is 1.70 bits per heavy atom. The summed E-state index contributed by atoms with van der Waals surface area (Å²) >= 11 is 12.9. The van der Waals surface area contributed by atoms with Gasteiger partial charge in [-0.1, -0.05) is 42.3 Å².